The van der Waals surface area contributed by atoms with Crippen molar-refractivity contribution in [1.29, 1.82) is 0 Å². The van der Waals surface area contributed by atoms with E-state index in [2.05, 4.69) is 6.92 Å². The number of aliphatic hydroxyl groups excluding tert-OH is 3. The van der Waals surface area contributed by atoms with Gasteiger partial charge in [-0.15, -0.1) is 0 Å². The molecule has 1 fully saturated rings. The Kier molecular flexibility index (Phi) is 10.6. The van der Waals surface area contributed by atoms with E-state index in [1.54, 1.807) is 0 Å². The van der Waals surface area contributed by atoms with E-state index >= 15 is 0 Å². The molecular formula is C18H35NO7. The lowest BCUT2D eigenvalue weighted by Crippen LogP contribution is -2.69. The van der Waals surface area contributed by atoms with Gasteiger partial charge in [0.15, 0.2) is 0 Å². The van der Waals surface area contributed by atoms with E-state index in [1.807, 2.05) is 0 Å². The minimum Gasteiger partial charge on any atom is -0.406 e. The molecule has 1 saturated heterocycles. The van der Waals surface area contributed by atoms with E-state index in [4.69, 9.17) is 20.3 Å². The van der Waals surface area contributed by atoms with E-state index in [1.165, 1.54) is 32.1 Å². The summed E-state index contributed by atoms with van der Waals surface area (Å²) in [5.74, 6) is -3.27. The van der Waals surface area contributed by atoms with E-state index in [0.717, 1.165) is 19.3 Å². The molecule has 0 amide bonds. The van der Waals surface area contributed by atoms with E-state index in [-0.39, 0.29) is 6.42 Å². The molecule has 0 bridgehead atoms. The molecule has 0 aromatic rings. The molecule has 6 N–H and O–H groups in total. The monoisotopic (exact) mass is 377 g/mol. The normalized spacial score (nSPS) is 31.8. The summed E-state index contributed by atoms with van der Waals surface area (Å²) in [5, 5.41) is 38.9. The molecule has 0 unspecified atom stereocenters. The number of carbonyl (C=O) groups excluding carboxylic acids is 1. The van der Waals surface area contributed by atoms with Crippen molar-refractivity contribution in [1.82, 2.24) is 0 Å². The second-order valence-corrected chi connectivity index (χ2v) is 7.03. The lowest BCUT2D eigenvalue weighted by atomic mass is 9.96. The molecule has 0 aromatic carbocycles. The second kappa shape index (κ2) is 11.8. The lowest BCUT2D eigenvalue weighted by molar-refractivity contribution is -0.406. The molecule has 5 atom stereocenters. The number of hydrogen-bond acceptors (Lipinski definition) is 8. The summed E-state index contributed by atoms with van der Waals surface area (Å²) in [6.07, 6.45) is 5.65. The Hall–Kier alpha value is -0.770. The summed E-state index contributed by atoms with van der Waals surface area (Å²) in [5.41, 5.74) is 5.61. The predicted octanol–water partition coefficient (Wildman–Crippen LogP) is 0.537. The molecule has 1 heterocycles. The first-order chi connectivity index (χ1) is 12.4. The zero-order valence-electron chi connectivity index (χ0n) is 15.7. The largest absolute Gasteiger partial charge is 0.406 e. The Morgan fingerprint density at radius 2 is 1.58 bits per heavy atom. The van der Waals surface area contributed by atoms with Crippen LogP contribution in [-0.2, 0) is 14.3 Å². The molecule has 154 valence electrons. The molecule has 1 aliphatic rings. The van der Waals surface area contributed by atoms with Gasteiger partial charge in [-0.05, 0) is 6.42 Å². The summed E-state index contributed by atoms with van der Waals surface area (Å²) < 4.78 is 9.91. The van der Waals surface area contributed by atoms with Crippen LogP contribution in [0.3, 0.4) is 0 Å². The Morgan fingerprint density at radius 3 is 2.12 bits per heavy atom. The van der Waals surface area contributed by atoms with E-state index < -0.39 is 42.9 Å². The van der Waals surface area contributed by atoms with Crippen LogP contribution >= 0.6 is 0 Å². The average molecular weight is 377 g/mol. The fourth-order valence-electron chi connectivity index (χ4n) is 3.04. The van der Waals surface area contributed by atoms with Crippen molar-refractivity contribution in [3.8, 4) is 0 Å². The van der Waals surface area contributed by atoms with Crippen molar-refractivity contribution < 1.29 is 34.7 Å². The number of nitrogens with two attached hydrogens (primary N) is 1. The third-order valence-corrected chi connectivity index (χ3v) is 4.76. The zero-order chi connectivity index (χ0) is 19.6. The standard InChI is InChI=1S/C18H35NO7/c1-2-3-4-5-6-7-8-9-10-11-14(21)26-18(24)17(19)16(23)15(22)13(12-20)25-18/h13,15-17,20,22-24H,2-12,19H2,1H3/t13-,15-,16+,17-,18-/m1/s1. The van der Waals surface area contributed by atoms with Gasteiger partial charge >= 0.3 is 11.9 Å². The summed E-state index contributed by atoms with van der Waals surface area (Å²) in [6.45, 7) is 1.52. The number of ether oxygens (including phenoxy) is 2. The molecule has 8 nitrogen and oxygen atoms in total. The Morgan fingerprint density at radius 1 is 1.04 bits per heavy atom. The van der Waals surface area contributed by atoms with Crippen LogP contribution in [0, 0.1) is 0 Å². The summed E-state index contributed by atoms with van der Waals surface area (Å²) in [4.78, 5) is 11.9. The maximum atomic E-state index is 11.9. The fourth-order valence-corrected chi connectivity index (χ4v) is 3.04. The van der Waals surface area contributed by atoms with Crippen LogP contribution in [-0.4, -0.2) is 63.3 Å². The summed E-state index contributed by atoms with van der Waals surface area (Å²) in [6, 6.07) is -1.53. The van der Waals surface area contributed by atoms with Crippen molar-refractivity contribution in [2.45, 2.75) is 101 Å². The van der Waals surface area contributed by atoms with Crippen molar-refractivity contribution >= 4 is 5.97 Å². The third kappa shape index (κ3) is 7.09. The highest BCUT2D eigenvalue weighted by atomic mass is 16.8. The molecule has 0 radical (unpaired) electrons. The maximum absolute atomic E-state index is 11.9. The first-order valence-electron chi connectivity index (χ1n) is 9.70. The molecule has 1 rings (SSSR count). The lowest BCUT2D eigenvalue weighted by Gasteiger charge is -2.44. The van der Waals surface area contributed by atoms with Gasteiger partial charge in [0.2, 0.25) is 0 Å². The van der Waals surface area contributed by atoms with Crippen LogP contribution in [0.4, 0.5) is 0 Å². The van der Waals surface area contributed by atoms with Crippen LogP contribution in [0.1, 0.15) is 71.1 Å². The van der Waals surface area contributed by atoms with Crippen molar-refractivity contribution in [2.24, 2.45) is 5.73 Å². The maximum Gasteiger partial charge on any atom is 0.345 e. The first kappa shape index (κ1) is 23.3. The molecule has 0 aromatic heterocycles. The SMILES string of the molecule is CCCCCCCCCCCC(=O)O[C@]1(O)O[C@H](CO)[C@@H](O)[C@H](O)[C@H]1N. The van der Waals surface area contributed by atoms with Gasteiger partial charge in [0, 0.05) is 6.42 Å². The van der Waals surface area contributed by atoms with Gasteiger partial charge in [0.1, 0.15) is 24.4 Å². The molecule has 0 aliphatic carbocycles. The van der Waals surface area contributed by atoms with Gasteiger partial charge in [-0.25, -0.2) is 0 Å². The minimum absolute atomic E-state index is 0.0939. The Balaban J connectivity index is 2.27. The first-order valence-corrected chi connectivity index (χ1v) is 9.70. The van der Waals surface area contributed by atoms with Crippen molar-refractivity contribution in [2.75, 3.05) is 6.61 Å². The summed E-state index contributed by atoms with van der Waals surface area (Å²) >= 11 is 0. The van der Waals surface area contributed by atoms with E-state index in [9.17, 15) is 20.1 Å². The van der Waals surface area contributed by atoms with Gasteiger partial charge < -0.3 is 35.6 Å². The van der Waals surface area contributed by atoms with Crippen LogP contribution in [0.15, 0.2) is 0 Å². The van der Waals surface area contributed by atoms with Gasteiger partial charge in [-0.3, -0.25) is 4.79 Å². The number of rotatable bonds is 12. The molecule has 0 saturated carbocycles. The van der Waals surface area contributed by atoms with Crippen LogP contribution in [0.25, 0.3) is 0 Å². The molecule has 0 spiro atoms. The highest BCUT2D eigenvalue weighted by Crippen LogP contribution is 2.28. The van der Waals surface area contributed by atoms with Gasteiger partial charge in [-0.1, -0.05) is 58.3 Å². The average Bonchev–Trinajstić information content (AvgIpc) is 2.62. The quantitative estimate of drug-likeness (QED) is 0.188. The number of carbonyl (C=O) groups is 1. The Labute approximate surface area is 155 Å². The molecule has 26 heavy (non-hydrogen) atoms. The van der Waals surface area contributed by atoms with Crippen LogP contribution in [0.5, 0.6) is 0 Å². The van der Waals surface area contributed by atoms with Gasteiger partial charge in [-0.2, -0.15) is 0 Å². The molecule has 1 aliphatic heterocycles. The zero-order valence-corrected chi connectivity index (χ0v) is 15.7. The fraction of sp³-hybridized carbons (Fsp3) is 0.944. The van der Waals surface area contributed by atoms with Gasteiger partial charge in [0.25, 0.3) is 0 Å². The number of hydrogen-bond donors (Lipinski definition) is 5. The smallest absolute Gasteiger partial charge is 0.345 e. The van der Waals surface area contributed by atoms with Crippen LogP contribution in [0.2, 0.25) is 0 Å². The highest BCUT2D eigenvalue weighted by Gasteiger charge is 2.54. The van der Waals surface area contributed by atoms with Crippen LogP contribution < -0.4 is 5.73 Å². The highest BCUT2D eigenvalue weighted by molar-refractivity contribution is 5.69. The molecule has 8 heteroatoms. The topological polar surface area (TPSA) is 142 Å². The van der Waals surface area contributed by atoms with E-state index in [0.29, 0.717) is 6.42 Å². The third-order valence-electron chi connectivity index (χ3n) is 4.76. The summed E-state index contributed by atoms with van der Waals surface area (Å²) in [7, 11) is 0. The van der Waals surface area contributed by atoms with Crippen molar-refractivity contribution in [3.63, 3.8) is 0 Å². The van der Waals surface area contributed by atoms with Gasteiger partial charge in [0.05, 0.1) is 6.61 Å². The second-order valence-electron chi connectivity index (χ2n) is 7.03. The number of aliphatic hydroxyl groups is 4. The number of esters is 1. The minimum atomic E-state index is -2.57. The van der Waals surface area contributed by atoms with Crippen molar-refractivity contribution in [3.05, 3.63) is 0 Å². The Bertz CT molecular complexity index is 407. The molecular weight excluding hydrogens is 342 g/mol. The number of unbranched alkanes of at least 4 members (excludes halogenated alkanes) is 8. The predicted molar refractivity (Wildman–Crippen MR) is 94.8 cm³/mol.